The quantitative estimate of drug-likeness (QED) is 0.611. The predicted octanol–water partition coefficient (Wildman–Crippen LogP) is 2.14. The zero-order chi connectivity index (χ0) is 15.4. The number of carbonyl (C=O) groups is 2. The average Bonchev–Trinajstić information content (AvgIpc) is 2.91. The normalized spacial score (nSPS) is 13.4. The molecule has 1 atom stereocenters. The summed E-state index contributed by atoms with van der Waals surface area (Å²) in [6, 6.07) is 5.03. The Labute approximate surface area is 122 Å². The zero-order valence-corrected chi connectivity index (χ0v) is 11.9. The van der Waals surface area contributed by atoms with Crippen LogP contribution in [0.15, 0.2) is 30.4 Å². The molecule has 0 aromatic heterocycles. The number of ether oxygens (including phenoxy) is 4. The van der Waals surface area contributed by atoms with E-state index in [4.69, 9.17) is 18.9 Å². The van der Waals surface area contributed by atoms with Crippen LogP contribution in [-0.4, -0.2) is 25.3 Å². The van der Waals surface area contributed by atoms with Crippen LogP contribution in [0.1, 0.15) is 25.5 Å². The third-order valence-corrected chi connectivity index (χ3v) is 2.84. The molecule has 0 fully saturated rings. The summed E-state index contributed by atoms with van der Waals surface area (Å²) in [5, 5.41) is 0. The first-order chi connectivity index (χ1) is 10.0. The second-order valence-corrected chi connectivity index (χ2v) is 4.35. The predicted molar refractivity (Wildman–Crippen MR) is 72.8 cm³/mol. The van der Waals surface area contributed by atoms with Crippen LogP contribution in [0.5, 0.6) is 11.5 Å². The Morgan fingerprint density at radius 2 is 2.05 bits per heavy atom. The second-order valence-electron chi connectivity index (χ2n) is 4.35. The van der Waals surface area contributed by atoms with Crippen LogP contribution in [-0.2, 0) is 19.1 Å². The lowest BCUT2D eigenvalue weighted by molar-refractivity contribution is -0.147. The third kappa shape index (κ3) is 3.34. The van der Waals surface area contributed by atoms with Crippen molar-refractivity contribution < 1.29 is 28.5 Å². The van der Waals surface area contributed by atoms with E-state index >= 15 is 0 Å². The lowest BCUT2D eigenvalue weighted by atomic mass is 10.0. The molecule has 0 N–H and O–H groups in total. The van der Waals surface area contributed by atoms with Gasteiger partial charge in [0.05, 0.1) is 12.2 Å². The van der Waals surface area contributed by atoms with E-state index in [1.807, 2.05) is 0 Å². The number of carbonyl (C=O) groups excluding carboxylic acids is 2. The standard InChI is InChI=1S/C15H16O6/c1-4-18-15(17)9(2)14(21-10(3)16)11-5-6-12-13(7-11)20-8-19-12/h5-7,14H,2,4,8H2,1,3H3. The largest absolute Gasteiger partial charge is 0.463 e. The summed E-state index contributed by atoms with van der Waals surface area (Å²) in [6.45, 7) is 6.97. The molecule has 0 radical (unpaired) electrons. The molecule has 0 amide bonds. The van der Waals surface area contributed by atoms with Gasteiger partial charge in [0.25, 0.3) is 0 Å². The highest BCUT2D eigenvalue weighted by Crippen LogP contribution is 2.36. The van der Waals surface area contributed by atoms with Gasteiger partial charge < -0.3 is 18.9 Å². The minimum Gasteiger partial charge on any atom is -0.463 e. The van der Waals surface area contributed by atoms with Gasteiger partial charge in [0.1, 0.15) is 0 Å². The van der Waals surface area contributed by atoms with Crippen LogP contribution in [0.3, 0.4) is 0 Å². The highest BCUT2D eigenvalue weighted by Gasteiger charge is 2.27. The summed E-state index contributed by atoms with van der Waals surface area (Å²) in [6.07, 6.45) is -0.920. The maximum Gasteiger partial charge on any atom is 0.337 e. The van der Waals surface area contributed by atoms with Gasteiger partial charge in [0, 0.05) is 12.5 Å². The monoisotopic (exact) mass is 292 g/mol. The van der Waals surface area contributed by atoms with Crippen LogP contribution in [0.25, 0.3) is 0 Å². The summed E-state index contributed by atoms with van der Waals surface area (Å²) in [4.78, 5) is 23.1. The van der Waals surface area contributed by atoms with Gasteiger partial charge >= 0.3 is 11.9 Å². The number of esters is 2. The summed E-state index contributed by atoms with van der Waals surface area (Å²) in [5.41, 5.74) is 0.610. The first-order valence-corrected chi connectivity index (χ1v) is 6.45. The molecule has 0 bridgehead atoms. The fourth-order valence-electron chi connectivity index (χ4n) is 1.91. The van der Waals surface area contributed by atoms with Gasteiger partial charge in [-0.3, -0.25) is 4.79 Å². The van der Waals surface area contributed by atoms with Crippen molar-refractivity contribution >= 4 is 11.9 Å². The van der Waals surface area contributed by atoms with Crippen molar-refractivity contribution in [1.29, 1.82) is 0 Å². The Kier molecular flexibility index (Phi) is 4.47. The number of fused-ring (bicyclic) bond motifs is 1. The highest BCUT2D eigenvalue weighted by atomic mass is 16.7. The van der Waals surface area contributed by atoms with Crippen molar-refractivity contribution in [3.63, 3.8) is 0 Å². The molecular formula is C15H16O6. The van der Waals surface area contributed by atoms with Crippen LogP contribution in [0.2, 0.25) is 0 Å². The van der Waals surface area contributed by atoms with Crippen LogP contribution in [0.4, 0.5) is 0 Å². The molecular weight excluding hydrogens is 276 g/mol. The Bertz CT molecular complexity index is 578. The molecule has 0 spiro atoms. The minimum atomic E-state index is -0.920. The van der Waals surface area contributed by atoms with Crippen LogP contribution in [0, 0.1) is 0 Å². The minimum absolute atomic E-state index is 0.0471. The molecule has 1 unspecified atom stereocenters. The van der Waals surface area contributed by atoms with E-state index in [-0.39, 0.29) is 19.0 Å². The number of benzene rings is 1. The van der Waals surface area contributed by atoms with Crippen LogP contribution >= 0.6 is 0 Å². The maximum atomic E-state index is 11.8. The van der Waals surface area contributed by atoms with E-state index in [0.717, 1.165) is 0 Å². The van der Waals surface area contributed by atoms with Crippen molar-refractivity contribution in [3.8, 4) is 11.5 Å². The second kappa shape index (κ2) is 6.30. The lowest BCUT2D eigenvalue weighted by Gasteiger charge is -2.19. The SMILES string of the molecule is C=C(C(=O)OCC)C(OC(C)=O)c1ccc2c(c1)OCO2. The molecule has 1 aliphatic rings. The fraction of sp³-hybridized carbons (Fsp3) is 0.333. The average molecular weight is 292 g/mol. The zero-order valence-electron chi connectivity index (χ0n) is 11.9. The van der Waals surface area contributed by atoms with Gasteiger partial charge in [-0.05, 0) is 19.1 Å². The molecule has 112 valence electrons. The van der Waals surface area contributed by atoms with Gasteiger partial charge in [-0.1, -0.05) is 12.6 Å². The van der Waals surface area contributed by atoms with Crippen molar-refractivity contribution in [2.45, 2.75) is 20.0 Å². The molecule has 6 nitrogen and oxygen atoms in total. The lowest BCUT2D eigenvalue weighted by Crippen LogP contribution is -2.18. The molecule has 6 heteroatoms. The summed E-state index contributed by atoms with van der Waals surface area (Å²) < 4.78 is 20.6. The van der Waals surface area contributed by atoms with E-state index in [1.54, 1.807) is 25.1 Å². The Morgan fingerprint density at radius 3 is 2.71 bits per heavy atom. The first-order valence-electron chi connectivity index (χ1n) is 6.45. The third-order valence-electron chi connectivity index (χ3n) is 2.84. The molecule has 0 saturated heterocycles. The van der Waals surface area contributed by atoms with E-state index in [2.05, 4.69) is 6.58 Å². The molecule has 2 rings (SSSR count). The molecule has 1 aliphatic heterocycles. The highest BCUT2D eigenvalue weighted by molar-refractivity contribution is 5.89. The van der Waals surface area contributed by atoms with Gasteiger partial charge in [0.2, 0.25) is 6.79 Å². The molecule has 0 aliphatic carbocycles. The van der Waals surface area contributed by atoms with Crippen molar-refractivity contribution in [2.24, 2.45) is 0 Å². The first kappa shape index (κ1) is 14.9. The summed E-state index contributed by atoms with van der Waals surface area (Å²) in [5.74, 6) is -0.00656. The Hall–Kier alpha value is -2.50. The maximum absolute atomic E-state index is 11.8. The van der Waals surface area contributed by atoms with E-state index in [9.17, 15) is 9.59 Å². The molecule has 1 aromatic rings. The summed E-state index contributed by atoms with van der Waals surface area (Å²) in [7, 11) is 0. The van der Waals surface area contributed by atoms with Gasteiger partial charge in [-0.25, -0.2) is 4.79 Å². The van der Waals surface area contributed by atoms with Crippen molar-refractivity contribution in [2.75, 3.05) is 13.4 Å². The Morgan fingerprint density at radius 1 is 1.33 bits per heavy atom. The number of hydrogen-bond acceptors (Lipinski definition) is 6. The molecule has 1 aromatic carbocycles. The molecule has 0 saturated carbocycles. The van der Waals surface area contributed by atoms with Gasteiger partial charge in [-0.15, -0.1) is 0 Å². The molecule has 1 heterocycles. The topological polar surface area (TPSA) is 71.1 Å². The van der Waals surface area contributed by atoms with E-state index in [1.165, 1.54) is 6.92 Å². The van der Waals surface area contributed by atoms with E-state index < -0.39 is 18.0 Å². The van der Waals surface area contributed by atoms with Gasteiger partial charge in [-0.2, -0.15) is 0 Å². The van der Waals surface area contributed by atoms with Crippen molar-refractivity contribution in [3.05, 3.63) is 35.9 Å². The number of hydrogen-bond donors (Lipinski definition) is 0. The number of rotatable bonds is 5. The van der Waals surface area contributed by atoms with E-state index in [0.29, 0.717) is 17.1 Å². The smallest absolute Gasteiger partial charge is 0.337 e. The summed E-state index contributed by atoms with van der Waals surface area (Å²) >= 11 is 0. The van der Waals surface area contributed by atoms with Crippen molar-refractivity contribution in [1.82, 2.24) is 0 Å². The van der Waals surface area contributed by atoms with Gasteiger partial charge in [0.15, 0.2) is 17.6 Å². The molecule has 21 heavy (non-hydrogen) atoms. The Balaban J connectivity index is 2.29. The fourth-order valence-corrected chi connectivity index (χ4v) is 1.91. The van der Waals surface area contributed by atoms with Crippen LogP contribution < -0.4 is 9.47 Å².